The number of hydrogen-bond acceptors (Lipinski definition) is 4. The van der Waals surface area contributed by atoms with Gasteiger partial charge < -0.3 is 9.84 Å². The molecule has 0 spiro atoms. The van der Waals surface area contributed by atoms with E-state index in [0.717, 1.165) is 5.69 Å². The molecule has 0 atom stereocenters. The molecule has 0 bridgehead atoms. The number of aryl methyl sites for hydroxylation is 1. The predicted molar refractivity (Wildman–Crippen MR) is 63.0 cm³/mol. The Balaban J connectivity index is 1.91. The Bertz CT molecular complexity index is 388. The molecule has 3 rings (SSSR count). The van der Waals surface area contributed by atoms with Crippen LogP contribution >= 0.6 is 11.3 Å². The lowest BCUT2D eigenvalue weighted by Gasteiger charge is -2.39. The molecule has 0 unspecified atom stereocenters. The molecule has 0 amide bonds. The molecule has 1 aromatic rings. The fraction of sp³-hybridized carbons (Fsp3) is 0.750. The molecule has 1 N–H and O–H groups in total. The first-order valence-corrected chi connectivity index (χ1v) is 6.73. The van der Waals surface area contributed by atoms with Crippen LogP contribution in [0.1, 0.15) is 40.8 Å². The first kappa shape index (κ1) is 10.7. The van der Waals surface area contributed by atoms with Crippen LogP contribution in [0.5, 0.6) is 0 Å². The maximum Gasteiger partial charge on any atom is 0.0962 e. The van der Waals surface area contributed by atoms with E-state index in [1.54, 1.807) is 11.3 Å². The number of nitrogens with zero attached hydrogens (tertiary/aromatic N) is 1. The molecule has 1 saturated heterocycles. The second-order valence-electron chi connectivity index (χ2n) is 5.03. The summed E-state index contributed by atoms with van der Waals surface area (Å²) < 4.78 is 5.27. The first-order valence-electron chi connectivity index (χ1n) is 5.91. The van der Waals surface area contributed by atoms with Gasteiger partial charge in [0.1, 0.15) is 0 Å². The molecule has 2 fully saturated rings. The van der Waals surface area contributed by atoms with Crippen molar-refractivity contribution in [3.05, 3.63) is 15.6 Å². The van der Waals surface area contributed by atoms with Gasteiger partial charge in [0.05, 0.1) is 35.9 Å². The van der Waals surface area contributed by atoms with E-state index in [4.69, 9.17) is 4.74 Å². The van der Waals surface area contributed by atoms with Crippen molar-refractivity contribution in [2.45, 2.75) is 37.5 Å². The number of ether oxygens (including phenoxy) is 1. The molecule has 1 saturated carbocycles. The number of aliphatic hydroxyl groups is 1. The quantitative estimate of drug-likeness (QED) is 0.877. The third-order valence-electron chi connectivity index (χ3n) is 3.81. The van der Waals surface area contributed by atoms with Gasteiger partial charge in [-0.1, -0.05) is 6.42 Å². The Kier molecular flexibility index (Phi) is 2.53. The van der Waals surface area contributed by atoms with Crippen LogP contribution < -0.4 is 0 Å². The third-order valence-corrected chi connectivity index (χ3v) is 5.37. The smallest absolute Gasteiger partial charge is 0.0962 e. The molecule has 1 aliphatic heterocycles. The molecule has 0 radical (unpaired) electrons. The lowest BCUT2D eigenvalue weighted by Crippen LogP contribution is -2.49. The Morgan fingerprint density at radius 3 is 2.69 bits per heavy atom. The number of thiazole rings is 1. The van der Waals surface area contributed by atoms with Crippen molar-refractivity contribution >= 4 is 11.3 Å². The van der Waals surface area contributed by atoms with Crippen LogP contribution in [-0.4, -0.2) is 29.9 Å². The van der Waals surface area contributed by atoms with Gasteiger partial charge in [0.15, 0.2) is 0 Å². The number of aromatic nitrogens is 1. The molecule has 0 aromatic carbocycles. The summed E-state index contributed by atoms with van der Waals surface area (Å²) in [5.74, 6) is 0.689. The summed E-state index contributed by atoms with van der Waals surface area (Å²) in [5, 5.41) is 10.8. The second kappa shape index (κ2) is 3.79. The Labute approximate surface area is 99.5 Å². The maximum absolute atomic E-state index is 9.53. The second-order valence-corrected chi connectivity index (χ2v) is 6.06. The summed E-state index contributed by atoms with van der Waals surface area (Å²) in [5.41, 5.74) is 0.966. The fourth-order valence-corrected chi connectivity index (χ4v) is 3.77. The highest BCUT2D eigenvalue weighted by Gasteiger charge is 2.43. The summed E-state index contributed by atoms with van der Waals surface area (Å²) >= 11 is 1.80. The highest BCUT2D eigenvalue weighted by Crippen LogP contribution is 2.43. The number of hydrogen-bond donors (Lipinski definition) is 1. The van der Waals surface area contributed by atoms with Crippen LogP contribution in [0.25, 0.3) is 0 Å². The average Bonchev–Trinajstić information content (AvgIpc) is 2.45. The Morgan fingerprint density at radius 2 is 2.25 bits per heavy atom. The molecular weight excluding hydrogens is 222 g/mol. The molecule has 1 aromatic heterocycles. The van der Waals surface area contributed by atoms with Gasteiger partial charge in [0.2, 0.25) is 0 Å². The molecule has 16 heavy (non-hydrogen) atoms. The van der Waals surface area contributed by atoms with Gasteiger partial charge in [-0.05, 0) is 19.8 Å². The zero-order chi connectivity index (χ0) is 11.2. The lowest BCUT2D eigenvalue weighted by molar-refractivity contribution is -0.0827. The summed E-state index contributed by atoms with van der Waals surface area (Å²) in [7, 11) is 0. The summed E-state index contributed by atoms with van der Waals surface area (Å²) in [6, 6.07) is 0. The van der Waals surface area contributed by atoms with Crippen molar-refractivity contribution in [3.63, 3.8) is 0 Å². The van der Waals surface area contributed by atoms with E-state index in [1.807, 2.05) is 0 Å². The highest BCUT2D eigenvalue weighted by molar-refractivity contribution is 7.12. The van der Waals surface area contributed by atoms with E-state index in [-0.39, 0.29) is 12.0 Å². The van der Waals surface area contributed by atoms with Crippen LogP contribution in [0.2, 0.25) is 0 Å². The lowest BCUT2D eigenvalue weighted by atomic mass is 9.84. The van der Waals surface area contributed by atoms with E-state index in [0.29, 0.717) is 19.1 Å². The van der Waals surface area contributed by atoms with Crippen LogP contribution in [0.3, 0.4) is 0 Å². The van der Waals surface area contributed by atoms with Crippen LogP contribution in [0.4, 0.5) is 0 Å². The van der Waals surface area contributed by atoms with Gasteiger partial charge in [-0.25, -0.2) is 4.98 Å². The minimum atomic E-state index is -0.135. The monoisotopic (exact) mass is 239 g/mol. The van der Waals surface area contributed by atoms with Crippen molar-refractivity contribution in [3.8, 4) is 0 Å². The highest BCUT2D eigenvalue weighted by atomic mass is 32.1. The minimum Gasteiger partial charge on any atom is -0.395 e. The maximum atomic E-state index is 9.53. The van der Waals surface area contributed by atoms with Crippen LogP contribution in [0, 0.1) is 6.92 Å². The molecule has 88 valence electrons. The zero-order valence-corrected chi connectivity index (χ0v) is 10.3. The van der Waals surface area contributed by atoms with E-state index in [2.05, 4.69) is 11.9 Å². The van der Waals surface area contributed by atoms with Gasteiger partial charge >= 0.3 is 0 Å². The van der Waals surface area contributed by atoms with Gasteiger partial charge in [-0.2, -0.15) is 0 Å². The molecule has 2 aliphatic rings. The van der Waals surface area contributed by atoms with Gasteiger partial charge in [-0.15, -0.1) is 11.3 Å². The normalized spacial score (nSPS) is 23.9. The number of aliphatic hydroxyl groups excluding tert-OH is 1. The van der Waals surface area contributed by atoms with E-state index >= 15 is 0 Å². The molecule has 4 heteroatoms. The zero-order valence-electron chi connectivity index (χ0n) is 9.53. The van der Waals surface area contributed by atoms with E-state index in [9.17, 15) is 5.11 Å². The van der Waals surface area contributed by atoms with Crippen molar-refractivity contribution < 1.29 is 9.84 Å². The largest absolute Gasteiger partial charge is 0.395 e. The minimum absolute atomic E-state index is 0.135. The van der Waals surface area contributed by atoms with Crippen molar-refractivity contribution in [2.75, 3.05) is 19.8 Å². The first-order chi connectivity index (χ1) is 7.75. The van der Waals surface area contributed by atoms with Crippen molar-refractivity contribution in [2.24, 2.45) is 0 Å². The summed E-state index contributed by atoms with van der Waals surface area (Å²) in [6.45, 7) is 3.54. The Morgan fingerprint density at radius 1 is 1.50 bits per heavy atom. The summed E-state index contributed by atoms with van der Waals surface area (Å²) in [6.07, 6.45) is 3.91. The van der Waals surface area contributed by atoms with Crippen LogP contribution in [-0.2, 0) is 10.2 Å². The molecule has 2 heterocycles. The van der Waals surface area contributed by atoms with E-state index in [1.165, 1.54) is 29.1 Å². The van der Waals surface area contributed by atoms with E-state index < -0.39 is 0 Å². The van der Waals surface area contributed by atoms with Crippen LogP contribution in [0.15, 0.2) is 0 Å². The van der Waals surface area contributed by atoms with Crippen molar-refractivity contribution in [1.29, 1.82) is 0 Å². The SMILES string of the molecule is Cc1nc(C2CCC2)sc1C1(CO)COC1. The van der Waals surface area contributed by atoms with Gasteiger partial charge in [0, 0.05) is 10.8 Å². The van der Waals surface area contributed by atoms with Crippen molar-refractivity contribution in [1.82, 2.24) is 4.98 Å². The standard InChI is InChI=1S/C12H17NO2S/c1-8-10(12(5-14)6-15-7-12)16-11(13-8)9-3-2-4-9/h9,14H,2-7H2,1H3. The molecule has 3 nitrogen and oxygen atoms in total. The van der Waals surface area contributed by atoms with Gasteiger partial charge in [0.25, 0.3) is 0 Å². The molecule has 1 aliphatic carbocycles. The van der Waals surface area contributed by atoms with Gasteiger partial charge in [-0.3, -0.25) is 0 Å². The topological polar surface area (TPSA) is 42.4 Å². The average molecular weight is 239 g/mol. The predicted octanol–water partition coefficient (Wildman–Crippen LogP) is 1.98. The molecular formula is C12H17NO2S. The number of rotatable bonds is 3. The summed E-state index contributed by atoms with van der Waals surface area (Å²) in [4.78, 5) is 5.93. The Hall–Kier alpha value is -0.450. The fourth-order valence-electron chi connectivity index (χ4n) is 2.38. The third kappa shape index (κ3) is 1.44.